The number of hydrogen-bond acceptors (Lipinski definition) is 5. The van der Waals surface area contributed by atoms with E-state index >= 15 is 0 Å². The third kappa shape index (κ3) is 5.71. The smallest absolute Gasteiger partial charge is 0.229 e. The molecule has 1 aromatic heterocycles. The number of aromatic nitrogens is 1. The maximum Gasteiger partial charge on any atom is 0.229 e. The lowest BCUT2D eigenvalue weighted by molar-refractivity contribution is -0.118. The fraction of sp³-hybridized carbons (Fsp3) is 0.300. The van der Waals surface area contributed by atoms with E-state index < -0.39 is 11.6 Å². The van der Waals surface area contributed by atoms with Gasteiger partial charge in [-0.3, -0.25) is 9.69 Å². The molecule has 2 aromatic carbocycles. The molecule has 3 aromatic rings. The maximum absolute atomic E-state index is 14.0. The number of fused-ring (bicyclic) bond motifs is 1. The van der Waals surface area contributed by atoms with Gasteiger partial charge in [0.15, 0.2) is 10.9 Å². The second kappa shape index (κ2) is 9.60. The van der Waals surface area contributed by atoms with Crippen LogP contribution in [0.3, 0.4) is 0 Å². The van der Waals surface area contributed by atoms with Crippen molar-refractivity contribution in [2.45, 2.75) is 11.3 Å². The van der Waals surface area contributed by atoms with Crippen molar-refractivity contribution in [3.8, 4) is 0 Å². The predicted molar refractivity (Wildman–Crippen MR) is 112 cm³/mol. The number of thiazole rings is 1. The molecule has 0 aliphatic heterocycles. The van der Waals surface area contributed by atoms with Crippen molar-refractivity contribution in [2.75, 3.05) is 37.8 Å². The summed E-state index contributed by atoms with van der Waals surface area (Å²) < 4.78 is 40.9. The van der Waals surface area contributed by atoms with E-state index in [9.17, 15) is 18.0 Å². The minimum absolute atomic E-state index is 0.0646. The van der Waals surface area contributed by atoms with Crippen molar-refractivity contribution in [3.05, 3.63) is 53.8 Å². The Labute approximate surface area is 175 Å². The van der Waals surface area contributed by atoms with Gasteiger partial charge in [0.2, 0.25) is 5.91 Å². The standard InChI is InChI=1S/C20H20F3N3OS2/c1-25(2)8-9-26(18(27)7-10-28-15-5-3-13(21)4-6-15)20-24-19-16(23)11-14(22)12-17(19)29-20/h3-6,11-12H,7-10H2,1-2H3. The Hall–Kier alpha value is -2.10. The first-order valence-electron chi connectivity index (χ1n) is 8.92. The quantitative estimate of drug-likeness (QED) is 0.473. The summed E-state index contributed by atoms with van der Waals surface area (Å²) in [5.74, 6) is -1.36. The molecule has 4 nitrogen and oxygen atoms in total. The summed E-state index contributed by atoms with van der Waals surface area (Å²) in [5, 5.41) is 0.350. The van der Waals surface area contributed by atoms with Crippen LogP contribution < -0.4 is 4.90 Å². The number of thioether (sulfide) groups is 1. The second-order valence-electron chi connectivity index (χ2n) is 6.63. The minimum atomic E-state index is -0.741. The molecule has 0 atom stereocenters. The fourth-order valence-electron chi connectivity index (χ4n) is 2.61. The highest BCUT2D eigenvalue weighted by molar-refractivity contribution is 7.99. The molecule has 0 spiro atoms. The molecule has 1 heterocycles. The van der Waals surface area contributed by atoms with Crippen LogP contribution in [-0.2, 0) is 4.79 Å². The van der Waals surface area contributed by atoms with Crippen LogP contribution >= 0.6 is 23.1 Å². The van der Waals surface area contributed by atoms with Gasteiger partial charge in [-0.15, -0.1) is 11.8 Å². The summed E-state index contributed by atoms with van der Waals surface area (Å²) in [7, 11) is 3.78. The van der Waals surface area contributed by atoms with E-state index in [0.717, 1.165) is 22.3 Å². The number of carbonyl (C=O) groups excluding carboxylic acids is 1. The van der Waals surface area contributed by atoms with Crippen molar-refractivity contribution in [3.63, 3.8) is 0 Å². The third-order valence-electron chi connectivity index (χ3n) is 4.10. The Morgan fingerprint density at radius 2 is 1.79 bits per heavy atom. The zero-order valence-electron chi connectivity index (χ0n) is 16.0. The molecule has 3 rings (SSSR count). The normalized spacial score (nSPS) is 11.4. The van der Waals surface area contributed by atoms with Gasteiger partial charge < -0.3 is 4.90 Å². The SMILES string of the molecule is CN(C)CCN(C(=O)CCSc1ccc(F)cc1)c1nc2c(F)cc(F)cc2s1. The predicted octanol–water partition coefficient (Wildman–Crippen LogP) is 4.79. The van der Waals surface area contributed by atoms with Crippen LogP contribution in [0, 0.1) is 17.5 Å². The number of anilines is 1. The van der Waals surface area contributed by atoms with Crippen LogP contribution in [0.2, 0.25) is 0 Å². The van der Waals surface area contributed by atoms with Crippen LogP contribution in [-0.4, -0.2) is 48.7 Å². The number of nitrogens with zero attached hydrogens (tertiary/aromatic N) is 3. The number of carbonyl (C=O) groups is 1. The van der Waals surface area contributed by atoms with E-state index in [4.69, 9.17) is 0 Å². The maximum atomic E-state index is 14.0. The molecule has 0 bridgehead atoms. The van der Waals surface area contributed by atoms with Crippen molar-refractivity contribution < 1.29 is 18.0 Å². The molecule has 0 N–H and O–H groups in total. The summed E-state index contributed by atoms with van der Waals surface area (Å²) >= 11 is 2.54. The van der Waals surface area contributed by atoms with E-state index in [-0.39, 0.29) is 23.7 Å². The Morgan fingerprint density at radius 1 is 1.07 bits per heavy atom. The van der Waals surface area contributed by atoms with E-state index in [1.54, 1.807) is 12.1 Å². The number of benzene rings is 2. The van der Waals surface area contributed by atoms with Crippen LogP contribution in [0.4, 0.5) is 18.3 Å². The number of hydrogen-bond donors (Lipinski definition) is 0. The molecular formula is C20H20F3N3OS2. The summed E-state index contributed by atoms with van der Waals surface area (Å²) in [6.07, 6.45) is 0.238. The highest BCUT2D eigenvalue weighted by Crippen LogP contribution is 2.31. The van der Waals surface area contributed by atoms with Gasteiger partial charge in [0, 0.05) is 36.2 Å². The molecule has 0 unspecified atom stereocenters. The lowest BCUT2D eigenvalue weighted by Crippen LogP contribution is -2.36. The number of likely N-dealkylation sites (N-methyl/N-ethyl adjacent to an activating group) is 1. The summed E-state index contributed by atoms with van der Waals surface area (Å²) in [5.41, 5.74) is 0.0646. The average molecular weight is 440 g/mol. The van der Waals surface area contributed by atoms with Gasteiger partial charge in [-0.05, 0) is 44.4 Å². The van der Waals surface area contributed by atoms with Gasteiger partial charge in [0.05, 0.1) is 4.70 Å². The van der Waals surface area contributed by atoms with E-state index in [1.807, 2.05) is 19.0 Å². The highest BCUT2D eigenvalue weighted by Gasteiger charge is 2.21. The first kappa shape index (κ1) is 21.6. The largest absolute Gasteiger partial charge is 0.308 e. The molecular weight excluding hydrogens is 419 g/mol. The Kier molecular flexibility index (Phi) is 7.15. The van der Waals surface area contributed by atoms with Gasteiger partial charge in [0.25, 0.3) is 0 Å². The lowest BCUT2D eigenvalue weighted by atomic mass is 10.3. The molecule has 0 radical (unpaired) electrons. The van der Waals surface area contributed by atoms with E-state index in [2.05, 4.69) is 4.98 Å². The Morgan fingerprint density at radius 3 is 2.48 bits per heavy atom. The zero-order chi connectivity index (χ0) is 21.0. The van der Waals surface area contributed by atoms with Crippen molar-refractivity contribution in [1.29, 1.82) is 0 Å². The molecule has 0 fully saturated rings. The molecule has 29 heavy (non-hydrogen) atoms. The van der Waals surface area contributed by atoms with Crippen molar-refractivity contribution in [1.82, 2.24) is 9.88 Å². The summed E-state index contributed by atoms with van der Waals surface area (Å²) in [6, 6.07) is 8.10. The molecule has 154 valence electrons. The van der Waals surface area contributed by atoms with Gasteiger partial charge in [-0.25, -0.2) is 18.2 Å². The van der Waals surface area contributed by atoms with Crippen LogP contribution in [0.25, 0.3) is 10.2 Å². The zero-order valence-corrected chi connectivity index (χ0v) is 17.6. The van der Waals surface area contributed by atoms with Crippen LogP contribution in [0.5, 0.6) is 0 Å². The first-order valence-corrected chi connectivity index (χ1v) is 10.7. The number of halogens is 3. The highest BCUT2D eigenvalue weighted by atomic mass is 32.2. The monoisotopic (exact) mass is 439 g/mol. The number of amides is 1. The Bertz CT molecular complexity index is 993. The molecule has 0 aliphatic rings. The van der Waals surface area contributed by atoms with E-state index in [1.165, 1.54) is 34.9 Å². The van der Waals surface area contributed by atoms with E-state index in [0.29, 0.717) is 28.7 Å². The lowest BCUT2D eigenvalue weighted by Gasteiger charge is -2.22. The Balaban J connectivity index is 1.74. The van der Waals surface area contributed by atoms with Crippen molar-refractivity contribution in [2.24, 2.45) is 0 Å². The first-order chi connectivity index (χ1) is 13.8. The van der Waals surface area contributed by atoms with Gasteiger partial charge in [0.1, 0.15) is 17.2 Å². The molecule has 0 aliphatic carbocycles. The topological polar surface area (TPSA) is 36.4 Å². The molecule has 0 saturated carbocycles. The average Bonchev–Trinajstić information content (AvgIpc) is 3.07. The molecule has 9 heteroatoms. The minimum Gasteiger partial charge on any atom is -0.308 e. The molecule has 0 saturated heterocycles. The van der Waals surface area contributed by atoms with Crippen molar-refractivity contribution >= 4 is 44.4 Å². The second-order valence-corrected chi connectivity index (χ2v) is 8.81. The number of rotatable bonds is 8. The van der Waals surface area contributed by atoms with Crippen LogP contribution in [0.1, 0.15) is 6.42 Å². The third-order valence-corrected chi connectivity index (χ3v) is 6.14. The van der Waals surface area contributed by atoms with Crippen LogP contribution in [0.15, 0.2) is 41.3 Å². The summed E-state index contributed by atoms with van der Waals surface area (Å²) in [6.45, 7) is 0.987. The molecule has 1 amide bonds. The van der Waals surface area contributed by atoms with Gasteiger partial charge >= 0.3 is 0 Å². The summed E-state index contributed by atoms with van der Waals surface area (Å²) in [4.78, 5) is 21.4. The van der Waals surface area contributed by atoms with Gasteiger partial charge in [-0.2, -0.15) is 0 Å². The fourth-order valence-corrected chi connectivity index (χ4v) is 4.50. The van der Waals surface area contributed by atoms with Gasteiger partial charge in [-0.1, -0.05) is 11.3 Å².